The van der Waals surface area contributed by atoms with Crippen LogP contribution in [0.4, 0.5) is 4.39 Å². The van der Waals surface area contributed by atoms with E-state index >= 15 is 0 Å². The maximum Gasteiger partial charge on any atom is 0.120 e. The summed E-state index contributed by atoms with van der Waals surface area (Å²) in [5.41, 5.74) is 3.47. The summed E-state index contributed by atoms with van der Waals surface area (Å²) < 4.78 is 13.9. The monoisotopic (exact) mass is 364 g/mol. The van der Waals surface area contributed by atoms with E-state index in [-0.39, 0.29) is 21.0 Å². The molecule has 1 atom stereocenters. The number of allylic oxidation sites excluding steroid dienone is 4. The highest BCUT2D eigenvalue weighted by molar-refractivity contribution is 9.10. The molecule has 0 bridgehead atoms. The first-order chi connectivity index (χ1) is 9.92. The van der Waals surface area contributed by atoms with Gasteiger partial charge in [0.2, 0.25) is 0 Å². The molecule has 0 saturated carbocycles. The van der Waals surface area contributed by atoms with E-state index in [2.05, 4.69) is 81.7 Å². The van der Waals surface area contributed by atoms with Crippen LogP contribution in [0.15, 0.2) is 42.2 Å². The van der Waals surface area contributed by atoms with E-state index in [0.717, 1.165) is 17.6 Å². The molecule has 1 unspecified atom stereocenters. The highest BCUT2D eigenvalue weighted by Crippen LogP contribution is 2.49. The predicted octanol–water partition coefficient (Wildman–Crippen LogP) is 6.80. The lowest BCUT2D eigenvalue weighted by Gasteiger charge is -2.40. The van der Waals surface area contributed by atoms with E-state index in [1.807, 2.05) is 0 Å². The van der Waals surface area contributed by atoms with Gasteiger partial charge < -0.3 is 0 Å². The summed E-state index contributed by atoms with van der Waals surface area (Å²) in [5, 5.41) is 0. The number of benzene rings is 1. The zero-order chi connectivity index (χ0) is 16.8. The highest BCUT2D eigenvalue weighted by Gasteiger charge is 2.40. The molecule has 0 amide bonds. The number of alkyl halides is 1. The van der Waals surface area contributed by atoms with Crippen molar-refractivity contribution in [3.05, 3.63) is 53.4 Å². The number of hydrogen-bond acceptors (Lipinski definition) is 0. The molecular weight excluding hydrogens is 339 g/mol. The lowest BCUT2D eigenvalue weighted by atomic mass is 9.73. The van der Waals surface area contributed by atoms with Gasteiger partial charge >= 0.3 is 0 Å². The lowest BCUT2D eigenvalue weighted by Crippen LogP contribution is -2.36. The van der Waals surface area contributed by atoms with E-state index in [0.29, 0.717) is 0 Å². The summed E-state index contributed by atoms with van der Waals surface area (Å²) in [4.78, 5) is 0. The zero-order valence-electron chi connectivity index (χ0n) is 14.4. The van der Waals surface area contributed by atoms with Gasteiger partial charge in [-0.3, -0.25) is 0 Å². The largest absolute Gasteiger partial charge is 0.207 e. The smallest absolute Gasteiger partial charge is 0.120 e. The molecule has 0 aromatic heterocycles. The van der Waals surface area contributed by atoms with Crippen LogP contribution in [0, 0.1) is 5.41 Å². The molecule has 1 aromatic rings. The fourth-order valence-electron chi connectivity index (χ4n) is 2.66. The molecule has 2 rings (SSSR count). The Balaban J connectivity index is 2.44. The zero-order valence-corrected chi connectivity index (χ0v) is 16.0. The van der Waals surface area contributed by atoms with Crippen LogP contribution in [-0.2, 0) is 5.41 Å². The maximum absolute atomic E-state index is 14.2. The maximum atomic E-state index is 14.2. The van der Waals surface area contributed by atoms with Gasteiger partial charge in [-0.15, -0.1) is 0 Å². The first kappa shape index (κ1) is 17.5. The van der Waals surface area contributed by atoms with Gasteiger partial charge in [0.1, 0.15) is 5.83 Å². The topological polar surface area (TPSA) is 0 Å². The molecule has 0 radical (unpaired) electrons. The molecule has 1 aromatic carbocycles. The number of rotatable bonds is 1. The fraction of sp³-hybridized carbons (Fsp3) is 0.500. The van der Waals surface area contributed by atoms with E-state index in [9.17, 15) is 4.39 Å². The summed E-state index contributed by atoms with van der Waals surface area (Å²) in [6.45, 7) is 13.0. The van der Waals surface area contributed by atoms with Crippen LogP contribution in [-0.4, -0.2) is 4.32 Å². The molecule has 0 fully saturated rings. The summed E-state index contributed by atoms with van der Waals surface area (Å²) in [6, 6.07) is 8.49. The second kappa shape index (κ2) is 5.63. The molecule has 2 heteroatoms. The SMILES string of the molecule is CC(C)(C)c1cccc(C2=CC(F)=CC(Br)(C(C)(C)C)C2)c1. The third-order valence-corrected chi connectivity index (χ3v) is 6.17. The van der Waals surface area contributed by atoms with Gasteiger partial charge in [0.15, 0.2) is 0 Å². The fourth-order valence-corrected chi connectivity index (χ4v) is 3.18. The molecule has 0 nitrogen and oxygen atoms in total. The van der Waals surface area contributed by atoms with Gasteiger partial charge in [-0.25, -0.2) is 4.39 Å². The summed E-state index contributed by atoms with van der Waals surface area (Å²) >= 11 is 3.80. The minimum atomic E-state index is -0.355. The van der Waals surface area contributed by atoms with Gasteiger partial charge in [0, 0.05) is 0 Å². The van der Waals surface area contributed by atoms with Gasteiger partial charge in [-0.1, -0.05) is 81.7 Å². The molecule has 0 aliphatic heterocycles. The number of halogens is 2. The van der Waals surface area contributed by atoms with Crippen molar-refractivity contribution in [3.63, 3.8) is 0 Å². The normalized spacial score (nSPS) is 23.1. The van der Waals surface area contributed by atoms with Crippen LogP contribution in [0.25, 0.3) is 5.57 Å². The quantitative estimate of drug-likeness (QED) is 0.480. The average Bonchev–Trinajstić information content (AvgIpc) is 2.35. The van der Waals surface area contributed by atoms with Crippen LogP contribution in [0.1, 0.15) is 59.1 Å². The Labute approximate surface area is 142 Å². The Hall–Kier alpha value is -0.890. The van der Waals surface area contributed by atoms with Crippen molar-refractivity contribution in [2.24, 2.45) is 5.41 Å². The van der Waals surface area contributed by atoms with Crippen LogP contribution in [0.5, 0.6) is 0 Å². The summed E-state index contributed by atoms with van der Waals surface area (Å²) in [6.07, 6.45) is 4.18. The molecule has 0 saturated heterocycles. The van der Waals surface area contributed by atoms with Crippen molar-refractivity contribution < 1.29 is 4.39 Å². The molecule has 22 heavy (non-hydrogen) atoms. The van der Waals surface area contributed by atoms with E-state index in [4.69, 9.17) is 0 Å². The highest BCUT2D eigenvalue weighted by atomic mass is 79.9. The average molecular weight is 365 g/mol. The standard InChI is InChI=1S/C20H26BrF/c1-18(2,3)16-9-7-8-14(10-16)15-11-17(22)13-20(21,12-15)19(4,5)6/h7-11,13H,12H2,1-6H3. The minimum absolute atomic E-state index is 0.0640. The van der Waals surface area contributed by atoms with Crippen LogP contribution in [0.3, 0.4) is 0 Å². The van der Waals surface area contributed by atoms with Crippen molar-refractivity contribution in [1.82, 2.24) is 0 Å². The molecule has 1 aliphatic carbocycles. The second-order valence-corrected chi connectivity index (χ2v) is 9.73. The number of hydrogen-bond donors (Lipinski definition) is 0. The molecule has 0 heterocycles. The predicted molar refractivity (Wildman–Crippen MR) is 98.0 cm³/mol. The third-order valence-electron chi connectivity index (χ3n) is 4.47. The van der Waals surface area contributed by atoms with E-state index < -0.39 is 0 Å². The van der Waals surface area contributed by atoms with Gasteiger partial charge in [-0.05, 0) is 46.1 Å². The van der Waals surface area contributed by atoms with Gasteiger partial charge in [0.25, 0.3) is 0 Å². The van der Waals surface area contributed by atoms with Crippen molar-refractivity contribution in [3.8, 4) is 0 Å². The molecular formula is C20H26BrF. The third kappa shape index (κ3) is 3.53. The van der Waals surface area contributed by atoms with Crippen LogP contribution < -0.4 is 0 Å². The van der Waals surface area contributed by atoms with E-state index in [1.54, 1.807) is 12.2 Å². The Kier molecular flexibility index (Phi) is 4.47. The van der Waals surface area contributed by atoms with Crippen molar-refractivity contribution in [2.75, 3.05) is 0 Å². The molecule has 0 spiro atoms. The summed E-state index contributed by atoms with van der Waals surface area (Å²) in [5.74, 6) is -0.158. The van der Waals surface area contributed by atoms with Gasteiger partial charge in [0.05, 0.1) is 4.32 Å². The molecule has 120 valence electrons. The first-order valence-corrected chi connectivity index (χ1v) is 8.60. The van der Waals surface area contributed by atoms with Gasteiger partial charge in [-0.2, -0.15) is 0 Å². The Morgan fingerprint density at radius 2 is 1.73 bits per heavy atom. The molecule has 1 aliphatic rings. The first-order valence-electron chi connectivity index (χ1n) is 7.81. The Morgan fingerprint density at radius 1 is 1.09 bits per heavy atom. The van der Waals surface area contributed by atoms with E-state index in [1.165, 1.54) is 5.56 Å². The Bertz CT molecular complexity index is 626. The van der Waals surface area contributed by atoms with Crippen molar-refractivity contribution in [1.29, 1.82) is 0 Å². The summed E-state index contributed by atoms with van der Waals surface area (Å²) in [7, 11) is 0. The molecule has 0 N–H and O–H groups in total. The second-order valence-electron chi connectivity index (χ2n) is 8.32. The van der Waals surface area contributed by atoms with Crippen molar-refractivity contribution in [2.45, 2.75) is 57.7 Å². The minimum Gasteiger partial charge on any atom is -0.207 e. The lowest BCUT2D eigenvalue weighted by molar-refractivity contribution is 0.333. The van der Waals surface area contributed by atoms with Crippen LogP contribution >= 0.6 is 15.9 Å². The van der Waals surface area contributed by atoms with Crippen molar-refractivity contribution >= 4 is 21.5 Å². The Morgan fingerprint density at radius 3 is 2.27 bits per heavy atom. The van der Waals surface area contributed by atoms with Crippen LogP contribution in [0.2, 0.25) is 0 Å².